The molecule has 0 fully saturated rings. The van der Waals surface area contributed by atoms with Gasteiger partial charge >= 0.3 is 6.18 Å². The topological polar surface area (TPSA) is 60.1 Å². The number of benzene rings is 1. The Kier molecular flexibility index (Phi) is 3.31. The van der Waals surface area contributed by atoms with E-state index in [1.807, 2.05) is 30.3 Å². The van der Waals surface area contributed by atoms with E-state index in [1.54, 1.807) is 6.92 Å². The molecule has 1 unspecified atom stereocenters. The van der Waals surface area contributed by atoms with Gasteiger partial charge in [-0.15, -0.1) is 5.10 Å². The number of hydrogen-bond donors (Lipinski definition) is 0. The molecule has 0 radical (unpaired) electrons. The van der Waals surface area contributed by atoms with Crippen molar-refractivity contribution in [3.63, 3.8) is 0 Å². The maximum Gasteiger partial charge on any atom is 0.453 e. The predicted octanol–water partition coefficient (Wildman–Crippen LogP) is 2.90. The first-order chi connectivity index (χ1) is 10.4. The van der Waals surface area contributed by atoms with E-state index >= 15 is 0 Å². The molecule has 3 rings (SSSR count). The summed E-state index contributed by atoms with van der Waals surface area (Å²) in [4.78, 5) is 19.7. The standard InChI is InChI=1S/C14H11F3N4O/c1-8-10(7-9-5-3-2-4-6-9)11(22)21-13(18-8)19-12(20-21)14(15,16)17/h2-6,10H,7H2,1H3. The summed E-state index contributed by atoms with van der Waals surface area (Å²) in [7, 11) is 0. The van der Waals surface area contributed by atoms with Crippen LogP contribution in [0.4, 0.5) is 19.1 Å². The SMILES string of the molecule is CC1=Nc2nc(C(F)(F)F)nn2C(=O)C1Cc1ccccc1. The Morgan fingerprint density at radius 1 is 1.23 bits per heavy atom. The number of fused-ring (bicyclic) bond motifs is 1. The summed E-state index contributed by atoms with van der Waals surface area (Å²) in [5.41, 5.74) is 1.33. The van der Waals surface area contributed by atoms with E-state index in [-0.39, 0.29) is 5.95 Å². The van der Waals surface area contributed by atoms with E-state index < -0.39 is 23.8 Å². The number of carbonyl (C=O) groups excluding carboxylic acids is 1. The van der Waals surface area contributed by atoms with Crippen LogP contribution in [0.15, 0.2) is 35.3 Å². The van der Waals surface area contributed by atoms with E-state index in [2.05, 4.69) is 15.1 Å². The van der Waals surface area contributed by atoms with Gasteiger partial charge in [0.05, 0.1) is 5.92 Å². The first-order valence-electron chi connectivity index (χ1n) is 6.54. The van der Waals surface area contributed by atoms with E-state index in [0.717, 1.165) is 5.56 Å². The minimum Gasteiger partial charge on any atom is -0.272 e. The number of aromatic nitrogens is 3. The molecule has 0 N–H and O–H groups in total. The van der Waals surface area contributed by atoms with Gasteiger partial charge in [0.25, 0.3) is 17.7 Å². The second-order valence-electron chi connectivity index (χ2n) is 4.98. The van der Waals surface area contributed by atoms with Gasteiger partial charge in [0.1, 0.15) is 0 Å². The number of alkyl halides is 3. The molecule has 2 aromatic rings. The van der Waals surface area contributed by atoms with Gasteiger partial charge in [-0.2, -0.15) is 22.8 Å². The van der Waals surface area contributed by atoms with Crippen molar-refractivity contribution in [2.75, 3.05) is 0 Å². The Bertz CT molecular complexity index is 749. The van der Waals surface area contributed by atoms with Gasteiger partial charge in [-0.1, -0.05) is 30.3 Å². The van der Waals surface area contributed by atoms with Crippen LogP contribution in [0.3, 0.4) is 0 Å². The molecular weight excluding hydrogens is 297 g/mol. The van der Waals surface area contributed by atoms with Crippen LogP contribution >= 0.6 is 0 Å². The average molecular weight is 308 g/mol. The quantitative estimate of drug-likeness (QED) is 0.857. The lowest BCUT2D eigenvalue weighted by molar-refractivity contribution is -0.144. The highest BCUT2D eigenvalue weighted by atomic mass is 19.4. The molecule has 1 aromatic carbocycles. The van der Waals surface area contributed by atoms with Crippen LogP contribution in [-0.4, -0.2) is 26.4 Å². The summed E-state index contributed by atoms with van der Waals surface area (Å²) in [6, 6.07) is 9.20. The molecule has 2 heterocycles. The molecule has 5 nitrogen and oxygen atoms in total. The van der Waals surface area contributed by atoms with Crippen molar-refractivity contribution >= 4 is 17.6 Å². The zero-order valence-corrected chi connectivity index (χ0v) is 11.5. The molecule has 1 atom stereocenters. The molecule has 1 aromatic heterocycles. The second-order valence-corrected chi connectivity index (χ2v) is 4.98. The van der Waals surface area contributed by atoms with Crippen LogP contribution in [0.5, 0.6) is 0 Å². The fraction of sp³-hybridized carbons (Fsp3) is 0.286. The summed E-state index contributed by atoms with van der Waals surface area (Å²) in [5, 5.41) is 3.25. The Morgan fingerprint density at radius 3 is 2.55 bits per heavy atom. The van der Waals surface area contributed by atoms with Gasteiger partial charge in [-0.25, -0.2) is 4.99 Å². The normalized spacial score (nSPS) is 18.1. The van der Waals surface area contributed by atoms with Gasteiger partial charge in [0, 0.05) is 5.71 Å². The lowest BCUT2D eigenvalue weighted by Gasteiger charge is -2.19. The van der Waals surface area contributed by atoms with Crippen LogP contribution in [0.1, 0.15) is 23.1 Å². The molecule has 0 aliphatic carbocycles. The number of carbonyl (C=O) groups is 1. The van der Waals surface area contributed by atoms with Gasteiger partial charge in [0.15, 0.2) is 0 Å². The van der Waals surface area contributed by atoms with E-state index in [9.17, 15) is 18.0 Å². The fourth-order valence-electron chi connectivity index (χ4n) is 2.29. The van der Waals surface area contributed by atoms with Crippen molar-refractivity contribution in [3.8, 4) is 0 Å². The zero-order chi connectivity index (χ0) is 15.9. The summed E-state index contributed by atoms with van der Waals surface area (Å²) in [6.07, 6.45) is -4.35. The average Bonchev–Trinajstić information content (AvgIpc) is 2.89. The maximum atomic E-state index is 12.6. The summed E-state index contributed by atoms with van der Waals surface area (Å²) >= 11 is 0. The molecule has 1 aliphatic rings. The monoisotopic (exact) mass is 308 g/mol. The highest BCUT2D eigenvalue weighted by molar-refractivity contribution is 6.07. The third kappa shape index (κ3) is 2.51. The van der Waals surface area contributed by atoms with Crippen LogP contribution in [0.25, 0.3) is 0 Å². The summed E-state index contributed by atoms with van der Waals surface area (Å²) in [5.74, 6) is -2.86. The molecular formula is C14H11F3N4O. The van der Waals surface area contributed by atoms with Gasteiger partial charge in [-0.05, 0) is 18.9 Å². The molecule has 114 valence electrons. The predicted molar refractivity (Wildman–Crippen MR) is 72.1 cm³/mol. The molecule has 1 aliphatic heterocycles. The third-order valence-electron chi connectivity index (χ3n) is 3.41. The van der Waals surface area contributed by atoms with E-state index in [1.165, 1.54) is 0 Å². The Balaban J connectivity index is 1.94. The van der Waals surface area contributed by atoms with Crippen LogP contribution in [0.2, 0.25) is 0 Å². The molecule has 22 heavy (non-hydrogen) atoms. The Hall–Kier alpha value is -2.51. The third-order valence-corrected chi connectivity index (χ3v) is 3.41. The van der Waals surface area contributed by atoms with E-state index in [4.69, 9.17) is 0 Å². The van der Waals surface area contributed by atoms with Crippen molar-refractivity contribution in [1.29, 1.82) is 0 Å². The number of aliphatic imine (C=N–C) groups is 1. The number of nitrogens with zero attached hydrogens (tertiary/aromatic N) is 4. The van der Waals surface area contributed by atoms with Gasteiger partial charge < -0.3 is 0 Å². The molecule has 0 saturated heterocycles. The smallest absolute Gasteiger partial charge is 0.272 e. The van der Waals surface area contributed by atoms with Crippen molar-refractivity contribution < 1.29 is 18.0 Å². The molecule has 0 bridgehead atoms. The maximum absolute atomic E-state index is 12.6. The van der Waals surface area contributed by atoms with Crippen LogP contribution < -0.4 is 0 Å². The summed E-state index contributed by atoms with van der Waals surface area (Å²) < 4.78 is 38.6. The first kappa shape index (κ1) is 14.4. The lowest BCUT2D eigenvalue weighted by atomic mass is 9.94. The largest absolute Gasteiger partial charge is 0.453 e. The minimum atomic E-state index is -4.71. The van der Waals surface area contributed by atoms with Crippen molar-refractivity contribution in [3.05, 3.63) is 41.7 Å². The minimum absolute atomic E-state index is 0.320. The zero-order valence-electron chi connectivity index (χ0n) is 11.5. The Morgan fingerprint density at radius 2 is 1.91 bits per heavy atom. The van der Waals surface area contributed by atoms with Crippen molar-refractivity contribution in [1.82, 2.24) is 14.8 Å². The lowest BCUT2D eigenvalue weighted by Crippen LogP contribution is -2.33. The number of halogens is 3. The molecule has 8 heteroatoms. The summed E-state index contributed by atoms with van der Waals surface area (Å²) in [6.45, 7) is 1.61. The van der Waals surface area contributed by atoms with Gasteiger partial charge in [-0.3, -0.25) is 4.79 Å². The second kappa shape index (κ2) is 5.04. The van der Waals surface area contributed by atoms with Gasteiger partial charge in [0.2, 0.25) is 0 Å². The van der Waals surface area contributed by atoms with Crippen LogP contribution in [-0.2, 0) is 12.6 Å². The Labute approximate surface area is 123 Å². The highest BCUT2D eigenvalue weighted by Crippen LogP contribution is 2.30. The van der Waals surface area contributed by atoms with Crippen molar-refractivity contribution in [2.45, 2.75) is 19.5 Å². The fourth-order valence-corrected chi connectivity index (χ4v) is 2.29. The molecule has 0 amide bonds. The van der Waals surface area contributed by atoms with Crippen LogP contribution in [0, 0.1) is 5.92 Å². The molecule has 0 spiro atoms. The van der Waals surface area contributed by atoms with E-state index in [0.29, 0.717) is 16.8 Å². The molecule has 0 saturated carbocycles. The highest BCUT2D eigenvalue weighted by Gasteiger charge is 2.40. The van der Waals surface area contributed by atoms with Crippen molar-refractivity contribution in [2.24, 2.45) is 10.9 Å². The first-order valence-corrected chi connectivity index (χ1v) is 6.54. The number of hydrogen-bond acceptors (Lipinski definition) is 4. The number of rotatable bonds is 2.